The topological polar surface area (TPSA) is 73.6 Å². The Kier molecular flexibility index (Phi) is 5.91. The zero-order valence-corrected chi connectivity index (χ0v) is 11.1. The largest absolute Gasteiger partial charge is 0.373 e. The Morgan fingerprint density at radius 1 is 1.44 bits per heavy atom. The first-order valence-corrected chi connectivity index (χ1v) is 5.81. The molecule has 0 bridgehead atoms. The van der Waals surface area contributed by atoms with Gasteiger partial charge in [0.25, 0.3) is 0 Å². The number of hydrogen-bond acceptors (Lipinski definition) is 4. The van der Waals surface area contributed by atoms with Gasteiger partial charge in [-0.2, -0.15) is 0 Å². The Hall–Kier alpha value is -1.30. The molecule has 1 unspecified atom stereocenters. The highest BCUT2D eigenvalue weighted by Crippen LogP contribution is 2.17. The van der Waals surface area contributed by atoms with Crippen LogP contribution in [0.15, 0.2) is 24.3 Å². The van der Waals surface area contributed by atoms with Gasteiger partial charge in [-0.05, 0) is 18.2 Å². The van der Waals surface area contributed by atoms with E-state index < -0.39 is 18.2 Å². The van der Waals surface area contributed by atoms with Gasteiger partial charge in [0.15, 0.2) is 6.29 Å². The predicted octanol–water partition coefficient (Wildman–Crippen LogP) is 1.61. The number of amides is 1. The Bertz CT molecular complexity index is 397. The highest BCUT2D eigenvalue weighted by Gasteiger charge is 2.20. The van der Waals surface area contributed by atoms with Crippen LogP contribution in [0.5, 0.6) is 0 Å². The standard InChI is InChI=1S/C12H17ClN2O3/c1-17-11(18-2)7-10(12(14)16)15-9-5-3-4-8(13)6-9/h3-6,10-11,15H,7H2,1-2H3,(H2,14,16). The van der Waals surface area contributed by atoms with Gasteiger partial charge < -0.3 is 20.5 Å². The van der Waals surface area contributed by atoms with E-state index in [1.807, 2.05) is 0 Å². The average molecular weight is 273 g/mol. The molecule has 1 aromatic carbocycles. The maximum absolute atomic E-state index is 11.4. The van der Waals surface area contributed by atoms with Crippen LogP contribution < -0.4 is 11.1 Å². The molecule has 0 spiro atoms. The summed E-state index contributed by atoms with van der Waals surface area (Å²) in [4.78, 5) is 11.4. The summed E-state index contributed by atoms with van der Waals surface area (Å²) in [5.74, 6) is -0.478. The molecule has 0 aliphatic rings. The fourth-order valence-electron chi connectivity index (χ4n) is 1.51. The Morgan fingerprint density at radius 3 is 2.61 bits per heavy atom. The van der Waals surface area contributed by atoms with E-state index in [2.05, 4.69) is 5.32 Å². The van der Waals surface area contributed by atoms with Crippen molar-refractivity contribution in [3.63, 3.8) is 0 Å². The van der Waals surface area contributed by atoms with Gasteiger partial charge >= 0.3 is 0 Å². The first kappa shape index (κ1) is 14.8. The van der Waals surface area contributed by atoms with Gasteiger partial charge in [-0.25, -0.2) is 0 Å². The van der Waals surface area contributed by atoms with E-state index in [1.165, 1.54) is 14.2 Å². The molecule has 0 aromatic heterocycles. The number of rotatable bonds is 7. The molecule has 100 valence electrons. The minimum absolute atomic E-state index is 0.314. The zero-order chi connectivity index (χ0) is 13.5. The molecule has 1 rings (SSSR count). The van der Waals surface area contributed by atoms with Gasteiger partial charge in [0, 0.05) is 31.4 Å². The van der Waals surface area contributed by atoms with Crippen LogP contribution in [0.1, 0.15) is 6.42 Å². The van der Waals surface area contributed by atoms with Crippen molar-refractivity contribution in [1.29, 1.82) is 0 Å². The quantitative estimate of drug-likeness (QED) is 0.740. The number of methoxy groups -OCH3 is 2. The van der Waals surface area contributed by atoms with E-state index in [-0.39, 0.29) is 0 Å². The molecule has 18 heavy (non-hydrogen) atoms. The number of ether oxygens (including phenoxy) is 2. The third-order valence-electron chi connectivity index (χ3n) is 2.46. The number of carbonyl (C=O) groups is 1. The van der Waals surface area contributed by atoms with Crippen LogP contribution in [-0.2, 0) is 14.3 Å². The maximum Gasteiger partial charge on any atom is 0.240 e. The first-order valence-electron chi connectivity index (χ1n) is 5.43. The van der Waals surface area contributed by atoms with E-state index in [9.17, 15) is 4.79 Å². The average Bonchev–Trinajstić information content (AvgIpc) is 2.34. The van der Waals surface area contributed by atoms with Crippen LogP contribution in [0.25, 0.3) is 0 Å². The maximum atomic E-state index is 11.4. The molecule has 0 saturated carbocycles. The van der Waals surface area contributed by atoms with Gasteiger partial charge in [0.05, 0.1) is 0 Å². The second kappa shape index (κ2) is 7.20. The Balaban J connectivity index is 2.71. The third-order valence-corrected chi connectivity index (χ3v) is 2.70. The third kappa shape index (κ3) is 4.52. The highest BCUT2D eigenvalue weighted by atomic mass is 35.5. The molecule has 0 radical (unpaired) electrons. The number of nitrogens with two attached hydrogens (primary N) is 1. The molecule has 0 heterocycles. The predicted molar refractivity (Wildman–Crippen MR) is 70.5 cm³/mol. The van der Waals surface area contributed by atoms with Gasteiger partial charge in [0.1, 0.15) is 6.04 Å². The van der Waals surface area contributed by atoms with Crippen molar-refractivity contribution in [1.82, 2.24) is 0 Å². The smallest absolute Gasteiger partial charge is 0.240 e. The van der Waals surface area contributed by atoms with Crippen molar-refractivity contribution >= 4 is 23.2 Å². The van der Waals surface area contributed by atoms with Gasteiger partial charge in [-0.15, -0.1) is 0 Å². The molecule has 1 amide bonds. The van der Waals surface area contributed by atoms with Crippen LogP contribution in [0, 0.1) is 0 Å². The fourth-order valence-corrected chi connectivity index (χ4v) is 1.70. The van der Waals surface area contributed by atoms with Gasteiger partial charge in [-0.3, -0.25) is 4.79 Å². The van der Waals surface area contributed by atoms with Crippen LogP contribution in [0.4, 0.5) is 5.69 Å². The number of nitrogens with one attached hydrogen (secondary N) is 1. The molecule has 0 saturated heterocycles. The molecule has 0 aliphatic heterocycles. The SMILES string of the molecule is COC(CC(Nc1cccc(Cl)c1)C(N)=O)OC. The van der Waals surface area contributed by atoms with E-state index in [4.69, 9.17) is 26.8 Å². The summed E-state index contributed by atoms with van der Waals surface area (Å²) in [7, 11) is 3.01. The number of carbonyl (C=O) groups excluding carboxylic acids is 1. The van der Waals surface area contributed by atoms with Crippen molar-refractivity contribution in [3.05, 3.63) is 29.3 Å². The minimum Gasteiger partial charge on any atom is -0.373 e. The van der Waals surface area contributed by atoms with Crippen LogP contribution >= 0.6 is 11.6 Å². The van der Waals surface area contributed by atoms with E-state index in [1.54, 1.807) is 24.3 Å². The van der Waals surface area contributed by atoms with Crippen molar-refractivity contribution in [2.75, 3.05) is 19.5 Å². The monoisotopic (exact) mass is 272 g/mol. The first-order chi connectivity index (χ1) is 8.56. The molecule has 1 aromatic rings. The highest BCUT2D eigenvalue weighted by molar-refractivity contribution is 6.30. The Morgan fingerprint density at radius 2 is 2.11 bits per heavy atom. The molecule has 5 nitrogen and oxygen atoms in total. The Labute approximate surface area is 111 Å². The lowest BCUT2D eigenvalue weighted by Gasteiger charge is -2.21. The summed E-state index contributed by atoms with van der Waals surface area (Å²) < 4.78 is 10.1. The number of halogens is 1. The molecule has 0 aliphatic carbocycles. The summed E-state index contributed by atoms with van der Waals surface area (Å²) in [6.45, 7) is 0. The van der Waals surface area contributed by atoms with Crippen molar-refractivity contribution in [2.45, 2.75) is 18.8 Å². The van der Waals surface area contributed by atoms with Crippen LogP contribution in [0.2, 0.25) is 5.02 Å². The lowest BCUT2D eigenvalue weighted by Crippen LogP contribution is -2.39. The van der Waals surface area contributed by atoms with Crippen molar-refractivity contribution < 1.29 is 14.3 Å². The summed E-state index contributed by atoms with van der Waals surface area (Å²) in [5, 5.41) is 3.58. The van der Waals surface area contributed by atoms with Gasteiger partial charge in [0.2, 0.25) is 5.91 Å². The zero-order valence-electron chi connectivity index (χ0n) is 10.4. The molecule has 6 heteroatoms. The lowest BCUT2D eigenvalue weighted by atomic mass is 10.1. The summed E-state index contributed by atoms with van der Waals surface area (Å²) in [6, 6.07) is 6.46. The second-order valence-electron chi connectivity index (χ2n) is 3.75. The van der Waals surface area contributed by atoms with Crippen molar-refractivity contribution in [2.24, 2.45) is 5.73 Å². The van der Waals surface area contributed by atoms with E-state index >= 15 is 0 Å². The number of benzene rings is 1. The summed E-state index contributed by atoms with van der Waals surface area (Å²) in [5.41, 5.74) is 6.05. The molecular formula is C12H17ClN2O3. The molecule has 1 atom stereocenters. The molecule has 3 N–H and O–H groups in total. The lowest BCUT2D eigenvalue weighted by molar-refractivity contribution is -0.127. The van der Waals surface area contributed by atoms with E-state index in [0.717, 1.165) is 5.69 Å². The number of anilines is 1. The van der Waals surface area contributed by atoms with E-state index in [0.29, 0.717) is 11.4 Å². The fraction of sp³-hybridized carbons (Fsp3) is 0.417. The van der Waals surface area contributed by atoms with Crippen molar-refractivity contribution in [3.8, 4) is 0 Å². The number of hydrogen-bond donors (Lipinski definition) is 2. The van der Waals surface area contributed by atoms with Crippen LogP contribution in [-0.4, -0.2) is 32.5 Å². The summed E-state index contributed by atoms with van der Waals surface area (Å²) in [6.07, 6.45) is -0.177. The second-order valence-corrected chi connectivity index (χ2v) is 4.18. The minimum atomic E-state index is -0.589. The molecule has 0 fully saturated rings. The molecular weight excluding hydrogens is 256 g/mol. The van der Waals surface area contributed by atoms with Crippen LogP contribution in [0.3, 0.4) is 0 Å². The number of primary amides is 1. The summed E-state index contributed by atoms with van der Waals surface area (Å²) >= 11 is 5.86. The normalized spacial score (nSPS) is 12.4. The van der Waals surface area contributed by atoms with Gasteiger partial charge in [-0.1, -0.05) is 17.7 Å².